The van der Waals surface area contributed by atoms with Crippen LogP contribution in [0.15, 0.2) is 23.1 Å². The average Bonchev–Trinajstić information content (AvgIpc) is 2.28. The van der Waals surface area contributed by atoms with Gasteiger partial charge in [-0.15, -0.1) is 0 Å². The molecule has 96 valence electrons. The maximum Gasteiger partial charge on any atom is 0.128 e. The van der Waals surface area contributed by atoms with Gasteiger partial charge in [-0.1, -0.05) is 6.92 Å². The second-order valence-electron chi connectivity index (χ2n) is 3.68. The van der Waals surface area contributed by atoms with Gasteiger partial charge in [-0.2, -0.15) is 0 Å². The molecule has 3 nitrogen and oxygen atoms in total. The molecule has 0 aromatic heterocycles. The van der Waals surface area contributed by atoms with Crippen molar-refractivity contribution >= 4 is 10.8 Å². The van der Waals surface area contributed by atoms with Gasteiger partial charge in [-0.25, -0.2) is 4.39 Å². The van der Waals surface area contributed by atoms with Crippen LogP contribution in [0.2, 0.25) is 0 Å². The first-order valence-corrected chi connectivity index (χ1v) is 7.17. The Hall–Kier alpha value is -0.940. The fourth-order valence-electron chi connectivity index (χ4n) is 1.33. The molecule has 1 rings (SSSR count). The minimum atomic E-state index is -1.20. The third-order valence-corrected chi connectivity index (χ3v) is 3.05. The van der Waals surface area contributed by atoms with Crippen LogP contribution in [0.3, 0.4) is 0 Å². The normalized spacial score (nSPS) is 12.4. The van der Waals surface area contributed by atoms with E-state index in [0.717, 1.165) is 19.5 Å². The van der Waals surface area contributed by atoms with Crippen molar-refractivity contribution in [3.05, 3.63) is 24.0 Å². The topological polar surface area (TPSA) is 38.3 Å². The highest BCUT2D eigenvalue weighted by Crippen LogP contribution is 2.18. The summed E-state index contributed by atoms with van der Waals surface area (Å²) >= 11 is 0. The van der Waals surface area contributed by atoms with Crippen LogP contribution < -0.4 is 10.1 Å². The van der Waals surface area contributed by atoms with Crippen LogP contribution in [-0.2, 0) is 10.8 Å². The Bertz CT molecular complexity index is 385. The van der Waals surface area contributed by atoms with Crippen molar-refractivity contribution in [1.82, 2.24) is 5.32 Å². The van der Waals surface area contributed by atoms with E-state index in [2.05, 4.69) is 12.2 Å². The number of hydrogen-bond acceptors (Lipinski definition) is 3. The predicted octanol–water partition coefficient (Wildman–Crippen LogP) is 1.94. The van der Waals surface area contributed by atoms with Crippen molar-refractivity contribution in [2.24, 2.45) is 0 Å². The van der Waals surface area contributed by atoms with Gasteiger partial charge in [0, 0.05) is 23.8 Å². The summed E-state index contributed by atoms with van der Waals surface area (Å²) in [5.41, 5.74) is 0. The van der Waals surface area contributed by atoms with E-state index in [1.54, 1.807) is 6.07 Å². The number of benzene rings is 1. The molecule has 0 aliphatic heterocycles. The van der Waals surface area contributed by atoms with E-state index in [4.69, 9.17) is 4.74 Å². The summed E-state index contributed by atoms with van der Waals surface area (Å²) in [5.74, 6) is 0.00251. The van der Waals surface area contributed by atoms with Crippen molar-refractivity contribution in [3.8, 4) is 5.75 Å². The summed E-state index contributed by atoms with van der Waals surface area (Å²) < 4.78 is 29.8. The minimum Gasteiger partial charge on any atom is -0.492 e. The van der Waals surface area contributed by atoms with Crippen LogP contribution in [0.25, 0.3) is 0 Å². The van der Waals surface area contributed by atoms with E-state index < -0.39 is 16.6 Å². The van der Waals surface area contributed by atoms with Crippen LogP contribution >= 0.6 is 0 Å². The molecule has 0 radical (unpaired) electrons. The summed E-state index contributed by atoms with van der Waals surface area (Å²) in [6.45, 7) is 4.22. The zero-order chi connectivity index (χ0) is 12.7. The van der Waals surface area contributed by atoms with Crippen LogP contribution in [0.5, 0.6) is 5.75 Å². The maximum absolute atomic E-state index is 13.2. The summed E-state index contributed by atoms with van der Waals surface area (Å²) in [5, 5.41) is 3.18. The molecule has 1 N–H and O–H groups in total. The average molecular weight is 259 g/mol. The summed E-state index contributed by atoms with van der Waals surface area (Å²) in [7, 11) is -1.20. The van der Waals surface area contributed by atoms with Crippen molar-refractivity contribution in [2.45, 2.75) is 18.2 Å². The van der Waals surface area contributed by atoms with Gasteiger partial charge in [-0.3, -0.25) is 4.21 Å². The highest BCUT2D eigenvalue weighted by Gasteiger charge is 2.04. The third-order valence-electron chi connectivity index (χ3n) is 2.15. The SMILES string of the molecule is CCCNCCOc1cc(F)cc(S(C)=O)c1. The van der Waals surface area contributed by atoms with Gasteiger partial charge >= 0.3 is 0 Å². The lowest BCUT2D eigenvalue weighted by atomic mass is 10.3. The van der Waals surface area contributed by atoms with E-state index in [0.29, 0.717) is 17.3 Å². The van der Waals surface area contributed by atoms with Crippen molar-refractivity contribution in [2.75, 3.05) is 26.0 Å². The molecule has 0 heterocycles. The quantitative estimate of drug-likeness (QED) is 0.761. The zero-order valence-electron chi connectivity index (χ0n) is 10.2. The highest BCUT2D eigenvalue weighted by atomic mass is 32.2. The lowest BCUT2D eigenvalue weighted by Gasteiger charge is -2.08. The van der Waals surface area contributed by atoms with E-state index >= 15 is 0 Å². The molecular formula is C12H18FNO2S. The van der Waals surface area contributed by atoms with Gasteiger partial charge in [0.05, 0.1) is 10.8 Å². The van der Waals surface area contributed by atoms with E-state index in [1.165, 1.54) is 18.4 Å². The third kappa shape index (κ3) is 5.28. The minimum absolute atomic E-state index is 0.422. The fourth-order valence-corrected chi connectivity index (χ4v) is 1.89. The molecule has 1 unspecified atom stereocenters. The molecule has 0 spiro atoms. The molecule has 1 atom stereocenters. The number of hydrogen-bond donors (Lipinski definition) is 1. The first-order valence-electron chi connectivity index (χ1n) is 5.61. The number of rotatable bonds is 7. The lowest BCUT2D eigenvalue weighted by molar-refractivity contribution is 0.312. The van der Waals surface area contributed by atoms with Crippen LogP contribution in [0.1, 0.15) is 13.3 Å². The summed E-state index contributed by atoms with van der Waals surface area (Å²) in [4.78, 5) is 0.446. The highest BCUT2D eigenvalue weighted by molar-refractivity contribution is 7.84. The molecule has 0 saturated heterocycles. The molecule has 17 heavy (non-hydrogen) atoms. The Morgan fingerprint density at radius 3 is 2.76 bits per heavy atom. The molecule has 5 heteroatoms. The molecule has 0 fully saturated rings. The standard InChI is InChI=1S/C12H18FNO2S/c1-3-4-14-5-6-16-11-7-10(13)8-12(9-11)17(2)15/h7-9,14H,3-6H2,1-2H3. The van der Waals surface area contributed by atoms with Crippen molar-refractivity contribution in [1.29, 1.82) is 0 Å². The molecule has 0 aliphatic rings. The fraction of sp³-hybridized carbons (Fsp3) is 0.500. The van der Waals surface area contributed by atoms with Crippen LogP contribution in [0.4, 0.5) is 4.39 Å². The van der Waals surface area contributed by atoms with E-state index in [9.17, 15) is 8.60 Å². The monoisotopic (exact) mass is 259 g/mol. The summed E-state index contributed by atoms with van der Waals surface area (Å²) in [6, 6.07) is 4.17. The second kappa shape index (κ2) is 7.40. The molecule has 0 aliphatic carbocycles. The number of nitrogens with one attached hydrogen (secondary N) is 1. The van der Waals surface area contributed by atoms with Crippen LogP contribution in [0, 0.1) is 5.82 Å². The Morgan fingerprint density at radius 1 is 1.35 bits per heavy atom. The molecular weight excluding hydrogens is 241 g/mol. The molecule has 1 aromatic carbocycles. The number of ether oxygens (including phenoxy) is 1. The first kappa shape index (κ1) is 14.1. The van der Waals surface area contributed by atoms with Gasteiger partial charge in [0.2, 0.25) is 0 Å². The van der Waals surface area contributed by atoms with Gasteiger partial charge in [0.25, 0.3) is 0 Å². The van der Waals surface area contributed by atoms with E-state index in [1.807, 2.05) is 0 Å². The first-order chi connectivity index (χ1) is 8.13. The molecule has 0 bridgehead atoms. The van der Waals surface area contributed by atoms with Crippen LogP contribution in [-0.4, -0.2) is 30.2 Å². The zero-order valence-corrected chi connectivity index (χ0v) is 11.0. The van der Waals surface area contributed by atoms with Gasteiger partial charge in [0.15, 0.2) is 0 Å². The largest absolute Gasteiger partial charge is 0.492 e. The van der Waals surface area contributed by atoms with Crippen molar-refractivity contribution < 1.29 is 13.3 Å². The number of halogens is 1. The Labute approximate surface area is 104 Å². The second-order valence-corrected chi connectivity index (χ2v) is 5.05. The van der Waals surface area contributed by atoms with Gasteiger partial charge in [0.1, 0.15) is 18.2 Å². The van der Waals surface area contributed by atoms with Crippen molar-refractivity contribution in [3.63, 3.8) is 0 Å². The van der Waals surface area contributed by atoms with Gasteiger partial charge in [-0.05, 0) is 25.1 Å². The lowest BCUT2D eigenvalue weighted by Crippen LogP contribution is -2.21. The Morgan fingerprint density at radius 2 is 2.12 bits per heavy atom. The molecule has 0 saturated carbocycles. The molecule has 1 aromatic rings. The smallest absolute Gasteiger partial charge is 0.128 e. The van der Waals surface area contributed by atoms with E-state index in [-0.39, 0.29) is 0 Å². The van der Waals surface area contributed by atoms with Gasteiger partial charge < -0.3 is 10.1 Å². The predicted molar refractivity (Wildman–Crippen MR) is 67.4 cm³/mol. The molecule has 0 amide bonds. The Balaban J connectivity index is 2.50. The summed E-state index contributed by atoms with van der Waals surface area (Å²) in [6.07, 6.45) is 2.58. The Kier molecular flexibility index (Phi) is 6.15. The maximum atomic E-state index is 13.2.